The zero-order valence-corrected chi connectivity index (χ0v) is 19.5. The molecule has 0 radical (unpaired) electrons. The second-order valence-electron chi connectivity index (χ2n) is 7.97. The van der Waals surface area contributed by atoms with Crippen molar-refractivity contribution < 1.29 is 29.8 Å². The van der Waals surface area contributed by atoms with Gasteiger partial charge in [-0.3, -0.25) is 14.8 Å². The molecule has 9 nitrogen and oxygen atoms in total. The first-order valence-corrected chi connectivity index (χ1v) is 11.3. The molecule has 9 heteroatoms. The number of hydroxylamine groups is 2. The lowest BCUT2D eigenvalue weighted by Gasteiger charge is -2.21. The van der Waals surface area contributed by atoms with E-state index in [1.54, 1.807) is 12.1 Å². The summed E-state index contributed by atoms with van der Waals surface area (Å²) in [6, 6.07) is 13.3. The van der Waals surface area contributed by atoms with E-state index in [0.29, 0.717) is 10.6 Å². The first-order chi connectivity index (χ1) is 16.3. The smallest absolute Gasteiger partial charge is 0.341 e. The summed E-state index contributed by atoms with van der Waals surface area (Å²) in [5.74, 6) is -0.903. The van der Waals surface area contributed by atoms with Gasteiger partial charge in [-0.25, -0.2) is 9.86 Å². The van der Waals surface area contributed by atoms with E-state index in [9.17, 15) is 24.7 Å². The number of carbonyl (C=O) groups excluding carboxylic acids is 3. The summed E-state index contributed by atoms with van der Waals surface area (Å²) in [7, 11) is 0. The van der Waals surface area contributed by atoms with Crippen LogP contribution in [0, 0.1) is 0 Å². The number of benzene rings is 2. The van der Waals surface area contributed by atoms with Gasteiger partial charge in [-0.05, 0) is 48.6 Å². The molecule has 0 aliphatic rings. The second-order valence-corrected chi connectivity index (χ2v) is 7.97. The molecule has 2 atom stereocenters. The average molecular weight is 472 g/mol. The van der Waals surface area contributed by atoms with Crippen molar-refractivity contribution in [2.75, 3.05) is 19.7 Å². The van der Waals surface area contributed by atoms with E-state index < -0.39 is 29.9 Å². The van der Waals surface area contributed by atoms with Crippen LogP contribution in [0.5, 0.6) is 0 Å². The molecule has 0 aliphatic heterocycles. The molecule has 3 amide bonds. The number of aliphatic hydroxyl groups excluding tert-OH is 2. The number of amides is 3. The Morgan fingerprint density at radius 1 is 1.00 bits per heavy atom. The van der Waals surface area contributed by atoms with Gasteiger partial charge in [-0.1, -0.05) is 43.3 Å². The summed E-state index contributed by atoms with van der Waals surface area (Å²) in [6.07, 6.45) is -0.0916. The van der Waals surface area contributed by atoms with Crippen molar-refractivity contribution in [1.82, 2.24) is 15.7 Å². The van der Waals surface area contributed by atoms with Crippen LogP contribution in [0.1, 0.15) is 42.6 Å². The Labute approximate surface area is 199 Å². The number of Topliss-reactive ketones (excluding diaryl/α,β-unsaturated/α-hetero) is 1. The third-order valence-electron chi connectivity index (χ3n) is 5.37. The van der Waals surface area contributed by atoms with Gasteiger partial charge in [0.2, 0.25) is 0 Å². The molecule has 184 valence electrons. The van der Waals surface area contributed by atoms with Crippen molar-refractivity contribution in [3.05, 3.63) is 59.7 Å². The highest BCUT2D eigenvalue weighted by Gasteiger charge is 2.26. The largest absolute Gasteiger partial charge is 0.395 e. The van der Waals surface area contributed by atoms with Crippen LogP contribution in [0.3, 0.4) is 0 Å². The lowest BCUT2D eigenvalue weighted by molar-refractivity contribution is -0.123. The normalized spacial score (nSPS) is 12.5. The molecule has 2 aromatic rings. The van der Waals surface area contributed by atoms with Gasteiger partial charge in [-0.2, -0.15) is 0 Å². The summed E-state index contributed by atoms with van der Waals surface area (Å²) >= 11 is 0. The summed E-state index contributed by atoms with van der Waals surface area (Å²) in [5, 5.41) is 33.6. The van der Waals surface area contributed by atoms with Gasteiger partial charge in [0.05, 0.1) is 19.3 Å². The zero-order valence-electron chi connectivity index (χ0n) is 19.5. The van der Waals surface area contributed by atoms with Crippen LogP contribution < -0.4 is 10.6 Å². The lowest BCUT2D eigenvalue weighted by atomic mass is 10.0. The van der Waals surface area contributed by atoms with Crippen LogP contribution in [-0.2, 0) is 11.2 Å². The highest BCUT2D eigenvalue weighted by molar-refractivity contribution is 5.98. The number of hydrogen-bond acceptors (Lipinski definition) is 6. The minimum atomic E-state index is -1.12. The summed E-state index contributed by atoms with van der Waals surface area (Å²) in [6.45, 7) is 3.12. The highest BCUT2D eigenvalue weighted by atomic mass is 16.5. The third-order valence-corrected chi connectivity index (χ3v) is 5.37. The molecule has 0 unspecified atom stereocenters. The van der Waals surface area contributed by atoms with Crippen molar-refractivity contribution in [1.29, 1.82) is 0 Å². The lowest BCUT2D eigenvalue weighted by Crippen LogP contribution is -2.48. The molecule has 0 aromatic heterocycles. The Balaban J connectivity index is 1.93. The van der Waals surface area contributed by atoms with E-state index >= 15 is 0 Å². The molecule has 0 aliphatic carbocycles. The second kappa shape index (κ2) is 13.4. The summed E-state index contributed by atoms with van der Waals surface area (Å²) in [4.78, 5) is 36.8. The summed E-state index contributed by atoms with van der Waals surface area (Å²) < 4.78 is 0. The van der Waals surface area contributed by atoms with Gasteiger partial charge in [0, 0.05) is 18.5 Å². The van der Waals surface area contributed by atoms with E-state index in [4.69, 9.17) is 5.11 Å². The molecule has 0 saturated carbocycles. The number of aryl methyl sites for hydroxylation is 1. The highest BCUT2D eigenvalue weighted by Crippen LogP contribution is 2.21. The average Bonchev–Trinajstić information content (AvgIpc) is 2.85. The molecule has 0 spiro atoms. The van der Waals surface area contributed by atoms with Gasteiger partial charge < -0.3 is 20.8 Å². The Morgan fingerprint density at radius 2 is 1.59 bits per heavy atom. The van der Waals surface area contributed by atoms with Gasteiger partial charge in [0.15, 0.2) is 5.78 Å². The SMILES string of the molecule is CCc1ccc(-c2ccc(C(=O)N[C@H](C(=O)CCCN(O)C(=O)NCCO)[C@@H](C)O)cc2)cc1. The molecule has 0 saturated heterocycles. The van der Waals surface area contributed by atoms with Gasteiger partial charge >= 0.3 is 6.03 Å². The zero-order chi connectivity index (χ0) is 25.1. The number of urea groups is 1. The van der Waals surface area contributed by atoms with E-state index in [2.05, 4.69) is 29.7 Å². The first-order valence-electron chi connectivity index (χ1n) is 11.3. The standard InChI is InChI=1S/C25H33N3O6/c1-3-18-6-8-19(9-7-18)20-10-12-21(13-11-20)24(32)27-23(17(2)30)22(31)5-4-15-28(34)25(33)26-14-16-29/h6-13,17,23,29-30,34H,3-5,14-16H2,1-2H3,(H,26,33)(H,27,32)/t17-,23+/m1/s1. The number of nitrogens with one attached hydrogen (secondary N) is 2. The molecular formula is C25H33N3O6. The molecule has 2 aromatic carbocycles. The predicted molar refractivity (Wildman–Crippen MR) is 127 cm³/mol. The molecular weight excluding hydrogens is 438 g/mol. The molecule has 34 heavy (non-hydrogen) atoms. The van der Waals surface area contributed by atoms with E-state index in [0.717, 1.165) is 17.5 Å². The monoisotopic (exact) mass is 471 g/mol. The van der Waals surface area contributed by atoms with Crippen LogP contribution in [0.4, 0.5) is 4.79 Å². The minimum Gasteiger partial charge on any atom is -0.395 e. The first kappa shape index (κ1) is 27.0. The van der Waals surface area contributed by atoms with Gasteiger partial charge in [0.25, 0.3) is 5.91 Å². The minimum absolute atomic E-state index is 0.00290. The van der Waals surface area contributed by atoms with E-state index in [1.807, 2.05) is 24.3 Å². The van der Waals surface area contributed by atoms with E-state index in [-0.39, 0.29) is 32.5 Å². The van der Waals surface area contributed by atoms with Crippen molar-refractivity contribution in [3.63, 3.8) is 0 Å². The molecule has 5 N–H and O–H groups in total. The molecule has 2 rings (SSSR count). The maximum Gasteiger partial charge on any atom is 0.341 e. The Morgan fingerprint density at radius 3 is 2.12 bits per heavy atom. The fourth-order valence-electron chi connectivity index (χ4n) is 3.36. The number of rotatable bonds is 12. The third kappa shape index (κ3) is 7.95. The Bertz CT molecular complexity index is 944. The van der Waals surface area contributed by atoms with Crippen molar-refractivity contribution in [3.8, 4) is 11.1 Å². The quantitative estimate of drug-likeness (QED) is 0.237. The van der Waals surface area contributed by atoms with Crippen LogP contribution in [0.15, 0.2) is 48.5 Å². The van der Waals surface area contributed by atoms with Crippen LogP contribution in [-0.4, -0.2) is 70.0 Å². The number of hydrogen-bond donors (Lipinski definition) is 5. The number of ketones is 1. The van der Waals surface area contributed by atoms with Crippen LogP contribution in [0.2, 0.25) is 0 Å². The molecule has 0 bridgehead atoms. The fraction of sp³-hybridized carbons (Fsp3) is 0.400. The van der Waals surface area contributed by atoms with Crippen LogP contribution in [0.25, 0.3) is 11.1 Å². The molecule has 0 heterocycles. The maximum atomic E-state index is 12.7. The topological polar surface area (TPSA) is 139 Å². The molecule has 0 fully saturated rings. The number of carbonyl (C=O) groups is 3. The fourth-order valence-corrected chi connectivity index (χ4v) is 3.36. The number of aliphatic hydroxyl groups is 2. The predicted octanol–water partition coefficient (Wildman–Crippen LogP) is 2.14. The Kier molecular flexibility index (Phi) is 10.7. The number of nitrogens with zero attached hydrogens (tertiary/aromatic N) is 1. The van der Waals surface area contributed by atoms with Crippen molar-refractivity contribution in [2.45, 2.75) is 45.3 Å². The van der Waals surface area contributed by atoms with Gasteiger partial charge in [-0.15, -0.1) is 0 Å². The Hall–Kier alpha value is -3.27. The van der Waals surface area contributed by atoms with Crippen LogP contribution >= 0.6 is 0 Å². The van der Waals surface area contributed by atoms with E-state index in [1.165, 1.54) is 12.5 Å². The van der Waals surface area contributed by atoms with Crippen molar-refractivity contribution >= 4 is 17.7 Å². The maximum absolute atomic E-state index is 12.7. The van der Waals surface area contributed by atoms with Gasteiger partial charge in [0.1, 0.15) is 6.04 Å². The summed E-state index contributed by atoms with van der Waals surface area (Å²) in [5.41, 5.74) is 3.59. The van der Waals surface area contributed by atoms with Crippen molar-refractivity contribution in [2.24, 2.45) is 0 Å².